The van der Waals surface area contributed by atoms with Crippen molar-refractivity contribution in [1.82, 2.24) is 5.32 Å². The fraction of sp³-hybridized carbons (Fsp3) is 0.364. The second-order valence-corrected chi connectivity index (χ2v) is 3.88. The van der Waals surface area contributed by atoms with E-state index in [2.05, 4.69) is 5.32 Å². The Labute approximate surface area is 91.1 Å². The summed E-state index contributed by atoms with van der Waals surface area (Å²) >= 11 is 0. The molecule has 0 saturated heterocycles. The van der Waals surface area contributed by atoms with Crippen LogP contribution in [0.5, 0.6) is 5.75 Å². The summed E-state index contributed by atoms with van der Waals surface area (Å²) in [6.07, 6.45) is 2.79. The standard InChI is InChI=1S/C11H11F2NO2/c12-8-5-9(13)10(15)4-7(8)11(16)14-6-2-1-3-6/h4-6,15H,1-3H2,(H,14,16). The van der Waals surface area contributed by atoms with Crippen molar-refractivity contribution >= 4 is 5.91 Å². The van der Waals surface area contributed by atoms with E-state index in [0.717, 1.165) is 25.3 Å². The molecule has 0 spiro atoms. The SMILES string of the molecule is O=C(NC1CCC1)c1cc(O)c(F)cc1F. The van der Waals surface area contributed by atoms with Gasteiger partial charge in [0.25, 0.3) is 5.91 Å². The molecular formula is C11H11F2NO2. The van der Waals surface area contributed by atoms with E-state index in [9.17, 15) is 13.6 Å². The largest absolute Gasteiger partial charge is 0.505 e. The first kappa shape index (κ1) is 10.9. The van der Waals surface area contributed by atoms with Gasteiger partial charge in [0.2, 0.25) is 0 Å². The Morgan fingerprint density at radius 3 is 2.56 bits per heavy atom. The van der Waals surface area contributed by atoms with Crippen molar-refractivity contribution in [2.45, 2.75) is 25.3 Å². The van der Waals surface area contributed by atoms with E-state index in [0.29, 0.717) is 6.07 Å². The first-order valence-corrected chi connectivity index (χ1v) is 5.07. The molecule has 0 heterocycles. The highest BCUT2D eigenvalue weighted by Crippen LogP contribution is 2.22. The van der Waals surface area contributed by atoms with E-state index in [1.54, 1.807) is 0 Å². The lowest BCUT2D eigenvalue weighted by Crippen LogP contribution is -2.39. The van der Waals surface area contributed by atoms with E-state index >= 15 is 0 Å². The van der Waals surface area contributed by atoms with Gasteiger partial charge in [-0.25, -0.2) is 8.78 Å². The summed E-state index contributed by atoms with van der Waals surface area (Å²) in [5.74, 6) is -3.37. The summed E-state index contributed by atoms with van der Waals surface area (Å²) < 4.78 is 26.0. The molecule has 0 unspecified atom stereocenters. The lowest BCUT2D eigenvalue weighted by atomic mass is 9.93. The van der Waals surface area contributed by atoms with Crippen LogP contribution >= 0.6 is 0 Å². The van der Waals surface area contributed by atoms with E-state index < -0.39 is 23.3 Å². The van der Waals surface area contributed by atoms with Crippen molar-refractivity contribution < 1.29 is 18.7 Å². The van der Waals surface area contributed by atoms with E-state index in [1.807, 2.05) is 0 Å². The first-order chi connectivity index (χ1) is 7.58. The molecule has 3 nitrogen and oxygen atoms in total. The number of phenols is 1. The van der Waals surface area contributed by atoms with Crippen molar-refractivity contribution in [2.24, 2.45) is 0 Å². The van der Waals surface area contributed by atoms with Crippen LogP contribution in [-0.4, -0.2) is 17.1 Å². The van der Waals surface area contributed by atoms with Crippen LogP contribution in [0, 0.1) is 11.6 Å². The van der Waals surface area contributed by atoms with Gasteiger partial charge in [-0.2, -0.15) is 0 Å². The Balaban J connectivity index is 2.18. The predicted octanol–water partition coefficient (Wildman–Crippen LogP) is 1.95. The van der Waals surface area contributed by atoms with Gasteiger partial charge in [-0.15, -0.1) is 0 Å². The Morgan fingerprint density at radius 2 is 2.00 bits per heavy atom. The lowest BCUT2D eigenvalue weighted by Gasteiger charge is -2.26. The second-order valence-electron chi connectivity index (χ2n) is 3.88. The molecule has 0 aromatic heterocycles. The number of benzene rings is 1. The zero-order chi connectivity index (χ0) is 11.7. The summed E-state index contributed by atoms with van der Waals surface area (Å²) in [7, 11) is 0. The summed E-state index contributed by atoms with van der Waals surface area (Å²) in [6, 6.07) is 1.38. The molecule has 16 heavy (non-hydrogen) atoms. The average Bonchev–Trinajstić information content (AvgIpc) is 2.17. The van der Waals surface area contributed by atoms with Gasteiger partial charge in [0.15, 0.2) is 11.6 Å². The molecule has 1 saturated carbocycles. The molecule has 0 radical (unpaired) electrons. The highest BCUT2D eigenvalue weighted by atomic mass is 19.1. The van der Waals surface area contributed by atoms with Gasteiger partial charge in [0.1, 0.15) is 5.82 Å². The van der Waals surface area contributed by atoms with Crippen molar-refractivity contribution in [3.8, 4) is 5.75 Å². The monoisotopic (exact) mass is 227 g/mol. The van der Waals surface area contributed by atoms with Crippen LogP contribution in [-0.2, 0) is 0 Å². The maximum absolute atomic E-state index is 13.2. The van der Waals surface area contributed by atoms with Gasteiger partial charge in [0, 0.05) is 12.1 Å². The Bertz CT molecular complexity index is 430. The molecular weight excluding hydrogens is 216 g/mol. The fourth-order valence-electron chi connectivity index (χ4n) is 1.53. The zero-order valence-corrected chi connectivity index (χ0v) is 8.46. The van der Waals surface area contributed by atoms with Gasteiger partial charge in [-0.05, 0) is 25.3 Å². The first-order valence-electron chi connectivity index (χ1n) is 5.07. The molecule has 2 N–H and O–H groups in total. The van der Waals surface area contributed by atoms with Crippen molar-refractivity contribution in [1.29, 1.82) is 0 Å². The second kappa shape index (κ2) is 4.08. The van der Waals surface area contributed by atoms with Crippen molar-refractivity contribution in [3.05, 3.63) is 29.3 Å². The lowest BCUT2D eigenvalue weighted by molar-refractivity contribution is 0.0912. The van der Waals surface area contributed by atoms with Gasteiger partial charge in [-0.1, -0.05) is 0 Å². The number of carbonyl (C=O) groups is 1. The number of carbonyl (C=O) groups excluding carboxylic acids is 1. The Kier molecular flexibility index (Phi) is 2.77. The molecule has 2 rings (SSSR count). The topological polar surface area (TPSA) is 49.3 Å². The number of hydrogen-bond donors (Lipinski definition) is 2. The van der Waals surface area contributed by atoms with E-state index in [1.165, 1.54) is 0 Å². The van der Waals surface area contributed by atoms with Crippen molar-refractivity contribution in [3.63, 3.8) is 0 Å². The molecule has 0 atom stereocenters. The minimum atomic E-state index is -1.07. The number of phenolic OH excluding ortho intramolecular Hbond substituents is 1. The predicted molar refractivity (Wildman–Crippen MR) is 53.1 cm³/mol. The van der Waals surface area contributed by atoms with Gasteiger partial charge < -0.3 is 10.4 Å². The van der Waals surface area contributed by atoms with Crippen LogP contribution < -0.4 is 5.32 Å². The van der Waals surface area contributed by atoms with E-state index in [4.69, 9.17) is 5.11 Å². The van der Waals surface area contributed by atoms with Crippen LogP contribution in [0.25, 0.3) is 0 Å². The minimum Gasteiger partial charge on any atom is -0.505 e. The maximum atomic E-state index is 13.2. The summed E-state index contributed by atoms with van der Waals surface area (Å²) in [5, 5.41) is 11.7. The number of halogens is 2. The highest BCUT2D eigenvalue weighted by Gasteiger charge is 2.22. The third kappa shape index (κ3) is 1.98. The van der Waals surface area contributed by atoms with E-state index in [-0.39, 0.29) is 11.6 Å². The number of hydrogen-bond acceptors (Lipinski definition) is 2. The van der Waals surface area contributed by atoms with Crippen LogP contribution in [0.3, 0.4) is 0 Å². The normalized spacial score (nSPS) is 15.6. The summed E-state index contributed by atoms with van der Waals surface area (Å²) in [4.78, 5) is 11.5. The molecule has 0 aliphatic heterocycles. The molecule has 1 aliphatic rings. The fourth-order valence-corrected chi connectivity index (χ4v) is 1.53. The molecule has 5 heteroatoms. The maximum Gasteiger partial charge on any atom is 0.254 e. The van der Waals surface area contributed by atoms with Gasteiger partial charge in [0.05, 0.1) is 5.56 Å². The van der Waals surface area contributed by atoms with Crippen LogP contribution in [0.1, 0.15) is 29.6 Å². The summed E-state index contributed by atoms with van der Waals surface area (Å²) in [6.45, 7) is 0. The van der Waals surface area contributed by atoms with Crippen LogP contribution in [0.4, 0.5) is 8.78 Å². The summed E-state index contributed by atoms with van der Waals surface area (Å²) in [5.41, 5.74) is -0.328. The minimum absolute atomic E-state index is 0.0686. The van der Waals surface area contributed by atoms with Crippen LogP contribution in [0.2, 0.25) is 0 Å². The van der Waals surface area contributed by atoms with Gasteiger partial charge in [-0.3, -0.25) is 4.79 Å². The molecule has 0 bridgehead atoms. The molecule has 86 valence electrons. The number of nitrogens with one attached hydrogen (secondary N) is 1. The quantitative estimate of drug-likeness (QED) is 0.811. The smallest absolute Gasteiger partial charge is 0.254 e. The van der Waals surface area contributed by atoms with Gasteiger partial charge >= 0.3 is 0 Å². The number of amides is 1. The number of rotatable bonds is 2. The average molecular weight is 227 g/mol. The number of aromatic hydroxyl groups is 1. The third-order valence-electron chi connectivity index (χ3n) is 2.72. The molecule has 1 aromatic carbocycles. The van der Waals surface area contributed by atoms with Crippen LogP contribution in [0.15, 0.2) is 12.1 Å². The van der Waals surface area contributed by atoms with Crippen molar-refractivity contribution in [2.75, 3.05) is 0 Å². The Hall–Kier alpha value is -1.65. The third-order valence-corrected chi connectivity index (χ3v) is 2.72. The zero-order valence-electron chi connectivity index (χ0n) is 8.46. The molecule has 1 fully saturated rings. The molecule has 1 amide bonds. The molecule has 1 aromatic rings. The molecule has 1 aliphatic carbocycles. The highest BCUT2D eigenvalue weighted by molar-refractivity contribution is 5.95. The Morgan fingerprint density at radius 1 is 1.31 bits per heavy atom.